The summed E-state index contributed by atoms with van der Waals surface area (Å²) in [6.07, 6.45) is 3.37. The van der Waals surface area contributed by atoms with Gasteiger partial charge in [0.1, 0.15) is 0 Å². The normalized spacial score (nSPS) is 14.2. The van der Waals surface area contributed by atoms with Gasteiger partial charge in [0.2, 0.25) is 0 Å². The minimum atomic E-state index is 0.399. The number of para-hydroxylation sites is 1. The van der Waals surface area contributed by atoms with E-state index in [1.807, 2.05) is 11.8 Å². The molecule has 2 atom stereocenters. The second-order valence-electron chi connectivity index (χ2n) is 4.97. The van der Waals surface area contributed by atoms with Crippen LogP contribution in [0.25, 0.3) is 0 Å². The Morgan fingerprint density at radius 2 is 1.95 bits per heavy atom. The summed E-state index contributed by atoms with van der Waals surface area (Å²) in [5, 5.41) is 3.51. The van der Waals surface area contributed by atoms with Gasteiger partial charge >= 0.3 is 0 Å². The molecule has 0 aliphatic rings. The van der Waals surface area contributed by atoms with E-state index < -0.39 is 0 Å². The van der Waals surface area contributed by atoms with Crippen LogP contribution >= 0.6 is 11.8 Å². The van der Waals surface area contributed by atoms with Crippen molar-refractivity contribution in [2.45, 2.75) is 39.3 Å². The average Bonchev–Trinajstić information content (AvgIpc) is 2.44. The monoisotopic (exact) mass is 280 g/mol. The molecule has 0 saturated heterocycles. The van der Waals surface area contributed by atoms with Crippen LogP contribution in [0.1, 0.15) is 38.8 Å². The molecular formula is C16H28N2S. The number of rotatable bonds is 8. The highest BCUT2D eigenvalue weighted by molar-refractivity contribution is 7.98. The second kappa shape index (κ2) is 8.49. The Kier molecular flexibility index (Phi) is 7.32. The Morgan fingerprint density at radius 1 is 1.26 bits per heavy atom. The molecule has 0 amide bonds. The zero-order chi connectivity index (χ0) is 14.3. The van der Waals surface area contributed by atoms with Crippen LogP contribution in [0.2, 0.25) is 0 Å². The topological polar surface area (TPSA) is 15.3 Å². The molecule has 19 heavy (non-hydrogen) atoms. The third-order valence-corrected chi connectivity index (χ3v) is 4.39. The van der Waals surface area contributed by atoms with Gasteiger partial charge in [0.25, 0.3) is 0 Å². The molecule has 1 rings (SSSR count). The van der Waals surface area contributed by atoms with Gasteiger partial charge in [-0.05, 0) is 37.8 Å². The number of thioether (sulfide) groups is 1. The summed E-state index contributed by atoms with van der Waals surface area (Å²) in [7, 11) is 2.22. The van der Waals surface area contributed by atoms with Crippen LogP contribution in [0.4, 0.5) is 5.69 Å². The number of anilines is 1. The van der Waals surface area contributed by atoms with Crippen molar-refractivity contribution in [3.05, 3.63) is 29.8 Å². The van der Waals surface area contributed by atoms with Crippen molar-refractivity contribution >= 4 is 17.4 Å². The molecule has 1 aromatic carbocycles. The van der Waals surface area contributed by atoms with Crippen LogP contribution in [0.5, 0.6) is 0 Å². The summed E-state index contributed by atoms with van der Waals surface area (Å²) in [5.74, 6) is 1.18. The van der Waals surface area contributed by atoms with Crippen LogP contribution < -0.4 is 10.2 Å². The Morgan fingerprint density at radius 3 is 2.53 bits per heavy atom. The van der Waals surface area contributed by atoms with E-state index in [0.29, 0.717) is 12.1 Å². The Bertz CT molecular complexity index is 368. The maximum Gasteiger partial charge on any atom is 0.0414 e. The Balaban J connectivity index is 2.98. The van der Waals surface area contributed by atoms with Crippen molar-refractivity contribution in [3.8, 4) is 0 Å². The molecule has 0 aromatic heterocycles. The molecule has 108 valence electrons. The van der Waals surface area contributed by atoms with E-state index in [9.17, 15) is 0 Å². The summed E-state index contributed by atoms with van der Waals surface area (Å²) in [4.78, 5) is 2.44. The standard InChI is InChI=1S/C16H28N2S/c1-6-14(12-19-5)18(4)16-11-9-8-10-15(16)13(3)17-7-2/h8-11,13-14,17H,6-7,12H2,1-5H3. The number of nitrogens with one attached hydrogen (secondary N) is 1. The van der Waals surface area contributed by atoms with E-state index in [1.165, 1.54) is 23.4 Å². The molecule has 0 aliphatic carbocycles. The SMILES string of the molecule is CCNC(C)c1ccccc1N(C)C(CC)CSC. The summed E-state index contributed by atoms with van der Waals surface area (Å²) in [6, 6.07) is 9.76. The lowest BCUT2D eigenvalue weighted by Crippen LogP contribution is -2.34. The van der Waals surface area contributed by atoms with Crippen molar-refractivity contribution in [3.63, 3.8) is 0 Å². The molecule has 2 unspecified atom stereocenters. The van der Waals surface area contributed by atoms with E-state index in [2.05, 4.69) is 68.6 Å². The number of hydrogen-bond donors (Lipinski definition) is 1. The molecule has 1 N–H and O–H groups in total. The molecule has 0 spiro atoms. The highest BCUT2D eigenvalue weighted by Gasteiger charge is 2.17. The van der Waals surface area contributed by atoms with Gasteiger partial charge in [-0.15, -0.1) is 0 Å². The zero-order valence-corrected chi connectivity index (χ0v) is 13.8. The van der Waals surface area contributed by atoms with Crippen LogP contribution in [-0.4, -0.2) is 31.6 Å². The minimum absolute atomic E-state index is 0.399. The summed E-state index contributed by atoms with van der Waals surface area (Å²) in [5.41, 5.74) is 2.75. The first kappa shape index (κ1) is 16.4. The molecule has 2 nitrogen and oxygen atoms in total. The van der Waals surface area contributed by atoms with Gasteiger partial charge in [0.05, 0.1) is 0 Å². The lowest BCUT2D eigenvalue weighted by molar-refractivity contribution is 0.591. The first-order valence-electron chi connectivity index (χ1n) is 7.19. The van der Waals surface area contributed by atoms with Gasteiger partial charge in [-0.3, -0.25) is 0 Å². The maximum absolute atomic E-state index is 3.51. The molecular weight excluding hydrogens is 252 g/mol. The fraction of sp³-hybridized carbons (Fsp3) is 0.625. The van der Waals surface area contributed by atoms with Crippen LogP contribution in [0.3, 0.4) is 0 Å². The van der Waals surface area contributed by atoms with Gasteiger partial charge in [-0.2, -0.15) is 11.8 Å². The maximum atomic E-state index is 3.51. The van der Waals surface area contributed by atoms with Gasteiger partial charge < -0.3 is 10.2 Å². The van der Waals surface area contributed by atoms with Crippen LogP contribution in [-0.2, 0) is 0 Å². The van der Waals surface area contributed by atoms with E-state index in [0.717, 1.165) is 6.54 Å². The van der Waals surface area contributed by atoms with Gasteiger partial charge in [0.15, 0.2) is 0 Å². The number of hydrogen-bond acceptors (Lipinski definition) is 3. The molecule has 1 aromatic rings. The first-order chi connectivity index (χ1) is 9.15. The zero-order valence-electron chi connectivity index (χ0n) is 12.9. The van der Waals surface area contributed by atoms with Gasteiger partial charge in [0, 0.05) is 30.6 Å². The lowest BCUT2D eigenvalue weighted by atomic mass is 10.0. The van der Waals surface area contributed by atoms with E-state index in [4.69, 9.17) is 0 Å². The Hall–Kier alpha value is -0.670. The van der Waals surface area contributed by atoms with E-state index in [-0.39, 0.29) is 0 Å². The summed E-state index contributed by atoms with van der Waals surface area (Å²) < 4.78 is 0. The fourth-order valence-electron chi connectivity index (χ4n) is 2.48. The van der Waals surface area contributed by atoms with Crippen molar-refractivity contribution in [1.29, 1.82) is 0 Å². The second-order valence-corrected chi connectivity index (χ2v) is 5.88. The van der Waals surface area contributed by atoms with Crippen LogP contribution in [0, 0.1) is 0 Å². The molecule has 0 radical (unpaired) electrons. The van der Waals surface area contributed by atoms with E-state index >= 15 is 0 Å². The van der Waals surface area contributed by atoms with Crippen LogP contribution in [0.15, 0.2) is 24.3 Å². The fourth-order valence-corrected chi connectivity index (χ4v) is 3.33. The molecule has 0 bridgehead atoms. The number of benzene rings is 1. The molecule has 3 heteroatoms. The third-order valence-electron chi connectivity index (χ3n) is 3.67. The average molecular weight is 280 g/mol. The molecule has 0 saturated carbocycles. The molecule has 0 heterocycles. The highest BCUT2D eigenvalue weighted by atomic mass is 32.2. The van der Waals surface area contributed by atoms with Gasteiger partial charge in [-0.1, -0.05) is 32.0 Å². The third kappa shape index (κ3) is 4.43. The van der Waals surface area contributed by atoms with Crippen molar-refractivity contribution < 1.29 is 0 Å². The summed E-state index contributed by atoms with van der Waals surface area (Å²) in [6.45, 7) is 7.67. The highest BCUT2D eigenvalue weighted by Crippen LogP contribution is 2.28. The van der Waals surface area contributed by atoms with Gasteiger partial charge in [-0.25, -0.2) is 0 Å². The quantitative estimate of drug-likeness (QED) is 0.776. The van der Waals surface area contributed by atoms with Crippen molar-refractivity contribution in [2.24, 2.45) is 0 Å². The Labute approximate surface area is 123 Å². The predicted molar refractivity (Wildman–Crippen MR) is 89.4 cm³/mol. The van der Waals surface area contributed by atoms with Crippen molar-refractivity contribution in [1.82, 2.24) is 5.32 Å². The summed E-state index contributed by atoms with van der Waals surface area (Å²) >= 11 is 1.92. The molecule has 0 aliphatic heterocycles. The number of nitrogens with zero attached hydrogens (tertiary/aromatic N) is 1. The predicted octanol–water partition coefficient (Wildman–Crippen LogP) is 3.93. The largest absolute Gasteiger partial charge is 0.371 e. The smallest absolute Gasteiger partial charge is 0.0414 e. The lowest BCUT2D eigenvalue weighted by Gasteiger charge is -2.32. The van der Waals surface area contributed by atoms with Crippen molar-refractivity contribution in [2.75, 3.05) is 30.5 Å². The minimum Gasteiger partial charge on any atom is -0.371 e. The van der Waals surface area contributed by atoms with E-state index in [1.54, 1.807) is 0 Å². The first-order valence-corrected chi connectivity index (χ1v) is 8.59. The molecule has 0 fully saturated rings.